The first-order valence-electron chi connectivity index (χ1n) is 6.03. The zero-order valence-electron chi connectivity index (χ0n) is 11.1. The van der Waals surface area contributed by atoms with Gasteiger partial charge in [0.2, 0.25) is 5.91 Å². The van der Waals surface area contributed by atoms with Gasteiger partial charge >= 0.3 is 0 Å². The fourth-order valence-electron chi connectivity index (χ4n) is 2.07. The number of likely N-dealkylation sites (tertiary alicyclic amines) is 1. The molecule has 1 heterocycles. The van der Waals surface area contributed by atoms with Crippen molar-refractivity contribution in [1.82, 2.24) is 10.2 Å². The van der Waals surface area contributed by atoms with E-state index in [1.54, 1.807) is 7.05 Å². The van der Waals surface area contributed by atoms with E-state index in [2.05, 4.69) is 5.32 Å². The van der Waals surface area contributed by atoms with Crippen LogP contribution in [0.25, 0.3) is 0 Å². The van der Waals surface area contributed by atoms with Crippen molar-refractivity contribution in [1.29, 1.82) is 0 Å². The third-order valence-electron chi connectivity index (χ3n) is 3.21. The van der Waals surface area contributed by atoms with Gasteiger partial charge in [-0.15, -0.1) is 0 Å². The number of carbonyl (C=O) groups is 2. The first-order chi connectivity index (χ1) is 9.43. The van der Waals surface area contributed by atoms with E-state index in [0.717, 1.165) is 12.1 Å². The predicted molar refractivity (Wildman–Crippen MR) is 66.4 cm³/mol. The molecule has 1 N–H and O–H groups in total. The Morgan fingerprint density at radius 2 is 2.00 bits per heavy atom. The second-order valence-electron chi connectivity index (χ2n) is 4.54. The summed E-state index contributed by atoms with van der Waals surface area (Å²) in [6, 6.07) is 1.09. The number of nitrogens with zero attached hydrogens (tertiary/aromatic N) is 1. The van der Waals surface area contributed by atoms with Crippen LogP contribution in [0, 0.1) is 11.6 Å². The minimum atomic E-state index is -1.03. The molecular weight excluding hydrogens is 270 g/mol. The maximum absolute atomic E-state index is 13.7. The molecule has 5 nitrogen and oxygen atoms in total. The van der Waals surface area contributed by atoms with Crippen molar-refractivity contribution in [3.05, 3.63) is 29.3 Å². The van der Waals surface area contributed by atoms with Gasteiger partial charge in [-0.25, -0.2) is 8.78 Å². The molecule has 0 radical (unpaired) electrons. The molecule has 1 aliphatic heterocycles. The van der Waals surface area contributed by atoms with Crippen molar-refractivity contribution in [2.45, 2.75) is 12.5 Å². The monoisotopic (exact) mass is 284 g/mol. The number of hydrogen-bond acceptors (Lipinski definition) is 3. The lowest BCUT2D eigenvalue weighted by Gasteiger charge is -2.13. The highest BCUT2D eigenvalue weighted by Gasteiger charge is 2.31. The lowest BCUT2D eigenvalue weighted by Crippen LogP contribution is -2.41. The van der Waals surface area contributed by atoms with Gasteiger partial charge in [0.05, 0.1) is 7.11 Å². The fourth-order valence-corrected chi connectivity index (χ4v) is 2.07. The van der Waals surface area contributed by atoms with Crippen LogP contribution in [0.4, 0.5) is 8.78 Å². The highest BCUT2D eigenvalue weighted by atomic mass is 19.1. The summed E-state index contributed by atoms with van der Waals surface area (Å²) >= 11 is 0. The van der Waals surface area contributed by atoms with Crippen molar-refractivity contribution in [3.8, 4) is 5.75 Å². The normalized spacial score (nSPS) is 18.3. The molecule has 1 aromatic carbocycles. The van der Waals surface area contributed by atoms with Gasteiger partial charge in [-0.1, -0.05) is 0 Å². The predicted octanol–water partition coefficient (Wildman–Crippen LogP) is 0.934. The van der Waals surface area contributed by atoms with E-state index in [0.29, 0.717) is 13.0 Å². The summed E-state index contributed by atoms with van der Waals surface area (Å²) in [5.41, 5.74) is -0.715. The summed E-state index contributed by atoms with van der Waals surface area (Å²) in [7, 11) is 2.87. The number of likely N-dealkylation sites (N-methyl/N-ethyl adjacent to an activating group) is 1. The molecule has 0 aromatic heterocycles. The Labute approximate surface area is 114 Å². The molecule has 1 saturated heterocycles. The van der Waals surface area contributed by atoms with E-state index in [4.69, 9.17) is 4.74 Å². The van der Waals surface area contributed by atoms with E-state index < -0.39 is 29.1 Å². The summed E-state index contributed by atoms with van der Waals surface area (Å²) < 4.78 is 32.1. The van der Waals surface area contributed by atoms with Gasteiger partial charge in [-0.2, -0.15) is 0 Å². The summed E-state index contributed by atoms with van der Waals surface area (Å²) in [6.45, 7) is 0.497. The number of benzene rings is 1. The van der Waals surface area contributed by atoms with Crippen LogP contribution in [-0.2, 0) is 4.79 Å². The first-order valence-corrected chi connectivity index (χ1v) is 6.03. The van der Waals surface area contributed by atoms with Crippen LogP contribution in [0.3, 0.4) is 0 Å². The zero-order chi connectivity index (χ0) is 14.9. The van der Waals surface area contributed by atoms with E-state index in [1.165, 1.54) is 12.0 Å². The van der Waals surface area contributed by atoms with Crippen molar-refractivity contribution >= 4 is 11.8 Å². The molecule has 0 bridgehead atoms. The summed E-state index contributed by atoms with van der Waals surface area (Å²) in [6.07, 6.45) is 0.417. The summed E-state index contributed by atoms with van der Waals surface area (Å²) in [5.74, 6) is -3.30. The van der Waals surface area contributed by atoms with Crippen LogP contribution >= 0.6 is 0 Å². The Morgan fingerprint density at radius 3 is 2.45 bits per heavy atom. The van der Waals surface area contributed by atoms with Gasteiger partial charge in [0.25, 0.3) is 5.91 Å². The molecular formula is C13H14F2N2O3. The SMILES string of the molecule is COc1cc(F)c(C(=O)N[C@H]2CCN(C)C2=O)c(F)c1. The zero-order valence-corrected chi connectivity index (χ0v) is 11.1. The van der Waals surface area contributed by atoms with Gasteiger partial charge in [0.15, 0.2) is 0 Å². The fraction of sp³-hybridized carbons (Fsp3) is 0.385. The summed E-state index contributed by atoms with van der Waals surface area (Å²) in [4.78, 5) is 25.0. The highest BCUT2D eigenvalue weighted by molar-refractivity contribution is 5.98. The third kappa shape index (κ3) is 2.56. The number of rotatable bonds is 3. The second-order valence-corrected chi connectivity index (χ2v) is 4.54. The van der Waals surface area contributed by atoms with E-state index in [-0.39, 0.29) is 11.7 Å². The number of halogens is 2. The molecule has 108 valence electrons. The summed E-state index contributed by atoms with van der Waals surface area (Å²) in [5, 5.41) is 2.34. The van der Waals surface area contributed by atoms with Crippen molar-refractivity contribution in [2.24, 2.45) is 0 Å². The number of hydrogen-bond donors (Lipinski definition) is 1. The van der Waals surface area contributed by atoms with Crippen molar-refractivity contribution < 1.29 is 23.1 Å². The van der Waals surface area contributed by atoms with Crippen LogP contribution in [0.5, 0.6) is 5.75 Å². The maximum atomic E-state index is 13.7. The van der Waals surface area contributed by atoms with E-state index >= 15 is 0 Å². The lowest BCUT2D eigenvalue weighted by molar-refractivity contribution is -0.128. The number of nitrogens with one attached hydrogen (secondary N) is 1. The number of carbonyl (C=O) groups excluding carboxylic acids is 2. The molecule has 0 aliphatic carbocycles. The highest BCUT2D eigenvalue weighted by Crippen LogP contribution is 2.21. The van der Waals surface area contributed by atoms with Crippen molar-refractivity contribution in [3.63, 3.8) is 0 Å². The molecule has 20 heavy (non-hydrogen) atoms. The standard InChI is InChI=1S/C13H14F2N2O3/c1-17-4-3-10(13(17)19)16-12(18)11-8(14)5-7(20-2)6-9(11)15/h5-6,10H,3-4H2,1-2H3,(H,16,18)/t10-/m0/s1. The molecule has 0 saturated carbocycles. The maximum Gasteiger partial charge on any atom is 0.257 e. The quantitative estimate of drug-likeness (QED) is 0.898. The van der Waals surface area contributed by atoms with Gasteiger partial charge in [0, 0.05) is 25.7 Å². The van der Waals surface area contributed by atoms with Gasteiger partial charge in [-0.05, 0) is 6.42 Å². The number of ether oxygens (including phenoxy) is 1. The Balaban J connectivity index is 2.20. The molecule has 7 heteroatoms. The van der Waals surface area contributed by atoms with Gasteiger partial charge < -0.3 is 15.0 Å². The molecule has 1 fully saturated rings. The topological polar surface area (TPSA) is 58.6 Å². The van der Waals surface area contributed by atoms with Crippen LogP contribution in [0.15, 0.2) is 12.1 Å². The Kier molecular flexibility index (Phi) is 3.87. The van der Waals surface area contributed by atoms with Crippen molar-refractivity contribution in [2.75, 3.05) is 20.7 Å². The largest absolute Gasteiger partial charge is 0.497 e. The van der Waals surface area contributed by atoms with Crippen LogP contribution in [0.2, 0.25) is 0 Å². The van der Waals surface area contributed by atoms with E-state index in [9.17, 15) is 18.4 Å². The Morgan fingerprint density at radius 1 is 1.40 bits per heavy atom. The average molecular weight is 284 g/mol. The number of methoxy groups -OCH3 is 1. The second kappa shape index (κ2) is 5.44. The average Bonchev–Trinajstić information content (AvgIpc) is 2.69. The molecule has 2 rings (SSSR count). The molecule has 0 spiro atoms. The smallest absolute Gasteiger partial charge is 0.257 e. The minimum Gasteiger partial charge on any atom is -0.497 e. The lowest BCUT2D eigenvalue weighted by atomic mass is 10.1. The van der Waals surface area contributed by atoms with Crippen LogP contribution in [-0.4, -0.2) is 43.5 Å². The molecule has 2 amide bonds. The van der Waals surface area contributed by atoms with Crippen LogP contribution < -0.4 is 10.1 Å². The Bertz CT molecular complexity index is 540. The number of amides is 2. The van der Waals surface area contributed by atoms with Gasteiger partial charge in [-0.3, -0.25) is 9.59 Å². The first kappa shape index (κ1) is 14.2. The van der Waals surface area contributed by atoms with Gasteiger partial charge in [0.1, 0.15) is 29.0 Å². The van der Waals surface area contributed by atoms with Crippen LogP contribution in [0.1, 0.15) is 16.8 Å². The Hall–Kier alpha value is -2.18. The molecule has 0 unspecified atom stereocenters. The minimum absolute atomic E-state index is 0.0202. The molecule has 1 aliphatic rings. The molecule has 1 aromatic rings. The molecule has 1 atom stereocenters. The van der Waals surface area contributed by atoms with E-state index in [1.807, 2.05) is 0 Å². The third-order valence-corrected chi connectivity index (χ3v) is 3.21.